The summed E-state index contributed by atoms with van der Waals surface area (Å²) < 4.78 is 0. The van der Waals surface area contributed by atoms with Crippen LogP contribution in [0.1, 0.15) is 18.4 Å². The first-order chi connectivity index (χ1) is 8.66. The van der Waals surface area contributed by atoms with Crippen molar-refractivity contribution >= 4 is 11.4 Å². The van der Waals surface area contributed by atoms with Gasteiger partial charge in [0.2, 0.25) is 0 Å². The third-order valence-electron chi connectivity index (χ3n) is 3.57. The SMILES string of the molecule is CN(C)CCCN(C)c1ccc2c(c1)NCCC2. The summed E-state index contributed by atoms with van der Waals surface area (Å²) in [7, 11) is 6.44. The highest BCUT2D eigenvalue weighted by Gasteiger charge is 2.10. The molecule has 1 N–H and O–H groups in total. The van der Waals surface area contributed by atoms with Gasteiger partial charge in [-0.3, -0.25) is 0 Å². The van der Waals surface area contributed by atoms with Crippen LogP contribution in [0.25, 0.3) is 0 Å². The molecule has 0 fully saturated rings. The van der Waals surface area contributed by atoms with Crippen molar-refractivity contribution in [3.05, 3.63) is 23.8 Å². The molecular weight excluding hydrogens is 222 g/mol. The van der Waals surface area contributed by atoms with Crippen molar-refractivity contribution in [2.75, 3.05) is 51.0 Å². The molecule has 0 saturated carbocycles. The topological polar surface area (TPSA) is 18.5 Å². The zero-order valence-corrected chi connectivity index (χ0v) is 11.9. The molecule has 1 aliphatic heterocycles. The fourth-order valence-corrected chi connectivity index (χ4v) is 2.44. The second-order valence-corrected chi connectivity index (χ2v) is 5.45. The van der Waals surface area contributed by atoms with Crippen LogP contribution in [-0.2, 0) is 6.42 Å². The van der Waals surface area contributed by atoms with E-state index in [-0.39, 0.29) is 0 Å². The van der Waals surface area contributed by atoms with Crippen molar-refractivity contribution in [1.82, 2.24) is 4.90 Å². The second kappa shape index (κ2) is 6.10. The number of fused-ring (bicyclic) bond motifs is 1. The molecule has 0 saturated heterocycles. The molecule has 1 aliphatic rings. The van der Waals surface area contributed by atoms with Crippen molar-refractivity contribution in [2.24, 2.45) is 0 Å². The lowest BCUT2D eigenvalue weighted by molar-refractivity contribution is 0.401. The van der Waals surface area contributed by atoms with Crippen LogP contribution in [0.4, 0.5) is 11.4 Å². The molecule has 18 heavy (non-hydrogen) atoms. The van der Waals surface area contributed by atoms with Crippen LogP contribution >= 0.6 is 0 Å². The first-order valence-electron chi connectivity index (χ1n) is 6.89. The number of anilines is 2. The van der Waals surface area contributed by atoms with Crippen molar-refractivity contribution < 1.29 is 0 Å². The maximum Gasteiger partial charge on any atom is 0.0393 e. The van der Waals surface area contributed by atoms with Crippen LogP contribution in [0.3, 0.4) is 0 Å². The predicted octanol–water partition coefficient (Wildman–Crippen LogP) is 2.43. The van der Waals surface area contributed by atoms with Crippen LogP contribution < -0.4 is 10.2 Å². The Balaban J connectivity index is 1.95. The molecule has 0 aromatic heterocycles. The Morgan fingerprint density at radius 1 is 1.17 bits per heavy atom. The van der Waals surface area contributed by atoms with Gasteiger partial charge in [-0.05, 0) is 57.6 Å². The van der Waals surface area contributed by atoms with Gasteiger partial charge in [0, 0.05) is 31.5 Å². The fourth-order valence-electron chi connectivity index (χ4n) is 2.44. The summed E-state index contributed by atoms with van der Waals surface area (Å²) in [5.41, 5.74) is 4.12. The van der Waals surface area contributed by atoms with Gasteiger partial charge in [0.1, 0.15) is 0 Å². The van der Waals surface area contributed by atoms with Crippen molar-refractivity contribution in [2.45, 2.75) is 19.3 Å². The summed E-state index contributed by atoms with van der Waals surface area (Å²) in [6.45, 7) is 3.37. The number of hydrogen-bond donors (Lipinski definition) is 1. The molecule has 0 radical (unpaired) electrons. The van der Waals surface area contributed by atoms with Crippen molar-refractivity contribution in [3.63, 3.8) is 0 Å². The Morgan fingerprint density at radius 3 is 2.78 bits per heavy atom. The minimum absolute atomic E-state index is 1.11. The molecule has 0 atom stereocenters. The summed E-state index contributed by atoms with van der Waals surface area (Å²) in [5, 5.41) is 3.50. The Kier molecular flexibility index (Phi) is 4.48. The molecule has 100 valence electrons. The van der Waals surface area contributed by atoms with E-state index in [0.29, 0.717) is 0 Å². The summed E-state index contributed by atoms with van der Waals surface area (Å²) in [5.74, 6) is 0. The first kappa shape index (κ1) is 13.2. The van der Waals surface area contributed by atoms with Crippen molar-refractivity contribution in [1.29, 1.82) is 0 Å². The van der Waals surface area contributed by atoms with Crippen LogP contribution in [-0.4, -0.2) is 45.7 Å². The zero-order chi connectivity index (χ0) is 13.0. The highest BCUT2D eigenvalue weighted by atomic mass is 15.1. The van der Waals surface area contributed by atoms with Gasteiger partial charge in [0.05, 0.1) is 0 Å². The maximum atomic E-state index is 3.50. The van der Waals surface area contributed by atoms with Crippen LogP contribution in [0.5, 0.6) is 0 Å². The number of nitrogens with zero attached hydrogens (tertiary/aromatic N) is 2. The monoisotopic (exact) mass is 247 g/mol. The van der Waals surface area contributed by atoms with Crippen LogP contribution in [0.15, 0.2) is 18.2 Å². The van der Waals surface area contributed by atoms with E-state index >= 15 is 0 Å². The van der Waals surface area contributed by atoms with E-state index < -0.39 is 0 Å². The molecule has 0 aliphatic carbocycles. The highest BCUT2D eigenvalue weighted by Crippen LogP contribution is 2.26. The lowest BCUT2D eigenvalue weighted by Crippen LogP contribution is -2.23. The summed E-state index contributed by atoms with van der Waals surface area (Å²) >= 11 is 0. The Labute approximate surface area is 111 Å². The first-order valence-corrected chi connectivity index (χ1v) is 6.89. The molecule has 0 spiro atoms. The lowest BCUT2D eigenvalue weighted by atomic mass is 10.0. The smallest absolute Gasteiger partial charge is 0.0393 e. The summed E-state index contributed by atoms with van der Waals surface area (Å²) in [4.78, 5) is 4.59. The summed E-state index contributed by atoms with van der Waals surface area (Å²) in [6.07, 6.45) is 3.67. The van der Waals surface area contributed by atoms with E-state index in [9.17, 15) is 0 Å². The van der Waals surface area contributed by atoms with Gasteiger partial charge in [-0.25, -0.2) is 0 Å². The van der Waals surface area contributed by atoms with Gasteiger partial charge in [0.25, 0.3) is 0 Å². The molecular formula is C15H25N3. The molecule has 1 aromatic rings. The number of hydrogen-bond acceptors (Lipinski definition) is 3. The molecule has 3 heteroatoms. The minimum Gasteiger partial charge on any atom is -0.385 e. The molecule has 1 aromatic carbocycles. The van der Waals surface area contributed by atoms with Crippen molar-refractivity contribution in [3.8, 4) is 0 Å². The molecule has 0 amide bonds. The van der Waals surface area contributed by atoms with E-state index in [2.05, 4.69) is 54.5 Å². The van der Waals surface area contributed by atoms with Gasteiger partial charge in [0.15, 0.2) is 0 Å². The minimum atomic E-state index is 1.11. The Morgan fingerprint density at radius 2 is 2.00 bits per heavy atom. The van der Waals surface area contributed by atoms with Crippen LogP contribution in [0.2, 0.25) is 0 Å². The van der Waals surface area contributed by atoms with E-state index in [1.54, 1.807) is 0 Å². The van der Waals surface area contributed by atoms with Gasteiger partial charge in [-0.15, -0.1) is 0 Å². The number of benzene rings is 1. The normalized spacial score (nSPS) is 14.2. The largest absolute Gasteiger partial charge is 0.385 e. The second-order valence-electron chi connectivity index (χ2n) is 5.45. The fraction of sp³-hybridized carbons (Fsp3) is 0.600. The third-order valence-corrected chi connectivity index (χ3v) is 3.57. The third kappa shape index (κ3) is 3.39. The van der Waals surface area contributed by atoms with Gasteiger partial charge < -0.3 is 15.1 Å². The average molecular weight is 247 g/mol. The maximum absolute atomic E-state index is 3.50. The summed E-state index contributed by atoms with van der Waals surface area (Å²) in [6, 6.07) is 6.82. The lowest BCUT2D eigenvalue weighted by Gasteiger charge is -2.24. The van der Waals surface area contributed by atoms with E-state index in [0.717, 1.165) is 19.6 Å². The highest BCUT2D eigenvalue weighted by molar-refractivity contribution is 5.63. The molecule has 0 unspecified atom stereocenters. The Bertz CT molecular complexity index is 387. The van der Waals surface area contributed by atoms with Gasteiger partial charge >= 0.3 is 0 Å². The van der Waals surface area contributed by atoms with E-state index in [1.807, 2.05) is 0 Å². The Hall–Kier alpha value is -1.22. The molecule has 1 heterocycles. The standard InChI is InChI=1S/C15H25N3/c1-17(2)10-5-11-18(3)14-8-7-13-6-4-9-16-15(13)12-14/h7-8,12,16H,4-6,9-11H2,1-3H3. The number of rotatable bonds is 5. The molecule has 2 rings (SSSR count). The predicted molar refractivity (Wildman–Crippen MR) is 79.7 cm³/mol. The molecule has 0 bridgehead atoms. The molecule has 3 nitrogen and oxygen atoms in total. The van der Waals surface area contributed by atoms with Crippen LogP contribution in [0, 0.1) is 0 Å². The number of nitrogens with one attached hydrogen (secondary N) is 1. The quantitative estimate of drug-likeness (QED) is 0.862. The zero-order valence-electron chi connectivity index (χ0n) is 11.9. The van der Waals surface area contributed by atoms with Gasteiger partial charge in [-0.1, -0.05) is 6.07 Å². The van der Waals surface area contributed by atoms with Gasteiger partial charge in [-0.2, -0.15) is 0 Å². The van der Waals surface area contributed by atoms with E-state index in [1.165, 1.54) is 36.2 Å². The van der Waals surface area contributed by atoms with E-state index in [4.69, 9.17) is 0 Å². The number of aryl methyl sites for hydroxylation is 1. The average Bonchev–Trinajstić information content (AvgIpc) is 2.37.